The summed E-state index contributed by atoms with van der Waals surface area (Å²) < 4.78 is 5.42. The lowest BCUT2D eigenvalue weighted by atomic mass is 10.1. The SMILES string of the molecule is N=C(N)c1cc(Cl)ccc1N1CCC(N2CCOCC2)C1. The minimum atomic E-state index is 0.0716. The second-order valence-electron chi connectivity index (χ2n) is 5.61. The molecule has 0 saturated carbocycles. The quantitative estimate of drug-likeness (QED) is 0.656. The molecule has 3 rings (SSSR count). The van der Waals surface area contributed by atoms with E-state index in [4.69, 9.17) is 27.5 Å². The number of hydrogen-bond acceptors (Lipinski definition) is 4. The fraction of sp³-hybridized carbons (Fsp3) is 0.533. The number of nitrogens with zero attached hydrogens (tertiary/aromatic N) is 2. The number of halogens is 1. The smallest absolute Gasteiger partial charge is 0.124 e. The maximum absolute atomic E-state index is 7.75. The lowest BCUT2D eigenvalue weighted by molar-refractivity contribution is 0.0209. The summed E-state index contributed by atoms with van der Waals surface area (Å²) in [6, 6.07) is 6.18. The zero-order valence-electron chi connectivity index (χ0n) is 12.0. The molecule has 114 valence electrons. The van der Waals surface area contributed by atoms with Crippen molar-refractivity contribution in [3.05, 3.63) is 28.8 Å². The minimum absolute atomic E-state index is 0.0716. The van der Waals surface area contributed by atoms with Gasteiger partial charge in [0, 0.05) is 48.5 Å². The predicted octanol–water partition coefficient (Wildman–Crippen LogP) is 1.53. The zero-order valence-corrected chi connectivity index (χ0v) is 12.8. The van der Waals surface area contributed by atoms with Gasteiger partial charge in [-0.3, -0.25) is 10.3 Å². The van der Waals surface area contributed by atoms with Crippen LogP contribution >= 0.6 is 11.6 Å². The third-order valence-electron chi connectivity index (χ3n) is 4.31. The highest BCUT2D eigenvalue weighted by Crippen LogP contribution is 2.28. The highest BCUT2D eigenvalue weighted by atomic mass is 35.5. The van der Waals surface area contributed by atoms with E-state index >= 15 is 0 Å². The fourth-order valence-electron chi connectivity index (χ4n) is 3.20. The van der Waals surface area contributed by atoms with Crippen molar-refractivity contribution in [3.63, 3.8) is 0 Å². The van der Waals surface area contributed by atoms with Crippen LogP contribution in [0.15, 0.2) is 18.2 Å². The van der Waals surface area contributed by atoms with Crippen molar-refractivity contribution in [1.82, 2.24) is 4.90 Å². The molecular weight excluding hydrogens is 288 g/mol. The summed E-state index contributed by atoms with van der Waals surface area (Å²) in [6.07, 6.45) is 1.14. The second kappa shape index (κ2) is 6.22. The summed E-state index contributed by atoms with van der Waals surface area (Å²) in [7, 11) is 0. The Bertz CT molecular complexity index is 530. The third kappa shape index (κ3) is 3.15. The number of ether oxygens (including phenoxy) is 1. The Labute approximate surface area is 130 Å². The first-order valence-corrected chi connectivity index (χ1v) is 7.73. The molecule has 2 saturated heterocycles. The van der Waals surface area contributed by atoms with Crippen molar-refractivity contribution >= 4 is 23.1 Å². The van der Waals surface area contributed by atoms with Gasteiger partial charge in [-0.1, -0.05) is 11.6 Å². The van der Waals surface area contributed by atoms with Crippen molar-refractivity contribution in [2.24, 2.45) is 5.73 Å². The standard InChI is InChI=1S/C15H21ClN4O/c16-11-1-2-14(13(9-11)15(17)18)20-4-3-12(10-20)19-5-7-21-8-6-19/h1-2,9,12H,3-8,10H2,(H3,17,18). The number of morpholine rings is 1. The Morgan fingerprint density at radius 3 is 2.76 bits per heavy atom. The molecule has 3 N–H and O–H groups in total. The number of nitrogens with two attached hydrogens (primary N) is 1. The lowest BCUT2D eigenvalue weighted by Crippen LogP contribution is -2.44. The summed E-state index contributed by atoms with van der Waals surface area (Å²) >= 11 is 6.03. The lowest BCUT2D eigenvalue weighted by Gasteiger charge is -2.32. The summed E-state index contributed by atoms with van der Waals surface area (Å²) in [5.41, 5.74) is 7.44. The first kappa shape index (κ1) is 14.6. The Morgan fingerprint density at radius 1 is 1.29 bits per heavy atom. The summed E-state index contributed by atoms with van der Waals surface area (Å²) in [4.78, 5) is 4.82. The van der Waals surface area contributed by atoms with Crippen molar-refractivity contribution in [3.8, 4) is 0 Å². The molecule has 0 spiro atoms. The molecule has 2 aliphatic heterocycles. The van der Waals surface area contributed by atoms with E-state index in [9.17, 15) is 0 Å². The molecule has 0 radical (unpaired) electrons. The Kier molecular flexibility index (Phi) is 4.33. The van der Waals surface area contributed by atoms with E-state index in [0.717, 1.165) is 57.1 Å². The van der Waals surface area contributed by atoms with Gasteiger partial charge >= 0.3 is 0 Å². The molecule has 0 aliphatic carbocycles. The average Bonchev–Trinajstić information content (AvgIpc) is 2.97. The molecule has 1 atom stereocenters. The molecule has 0 amide bonds. The van der Waals surface area contributed by atoms with Crippen molar-refractivity contribution < 1.29 is 4.74 Å². The largest absolute Gasteiger partial charge is 0.384 e. The monoisotopic (exact) mass is 308 g/mol. The van der Waals surface area contributed by atoms with Gasteiger partial charge in [-0.2, -0.15) is 0 Å². The average molecular weight is 309 g/mol. The van der Waals surface area contributed by atoms with E-state index in [-0.39, 0.29) is 5.84 Å². The van der Waals surface area contributed by atoms with Crippen molar-refractivity contribution in [2.75, 3.05) is 44.3 Å². The fourth-order valence-corrected chi connectivity index (χ4v) is 3.37. The van der Waals surface area contributed by atoms with Gasteiger partial charge in [0.05, 0.1) is 13.2 Å². The number of nitrogens with one attached hydrogen (secondary N) is 1. The van der Waals surface area contributed by atoms with E-state index in [0.29, 0.717) is 11.1 Å². The maximum atomic E-state index is 7.75. The summed E-state index contributed by atoms with van der Waals surface area (Å²) in [6.45, 7) is 5.65. The number of nitrogen functional groups attached to an aromatic ring is 1. The number of hydrogen-bond donors (Lipinski definition) is 2. The maximum Gasteiger partial charge on any atom is 0.124 e. The van der Waals surface area contributed by atoms with Crippen LogP contribution in [0.5, 0.6) is 0 Å². The minimum Gasteiger partial charge on any atom is -0.384 e. The van der Waals surface area contributed by atoms with Gasteiger partial charge in [-0.05, 0) is 24.6 Å². The molecule has 5 nitrogen and oxygen atoms in total. The molecule has 2 fully saturated rings. The first-order chi connectivity index (χ1) is 10.1. The first-order valence-electron chi connectivity index (χ1n) is 7.36. The van der Waals surface area contributed by atoms with Gasteiger partial charge in [0.15, 0.2) is 0 Å². The van der Waals surface area contributed by atoms with Crippen LogP contribution in [0.25, 0.3) is 0 Å². The molecule has 2 heterocycles. The third-order valence-corrected chi connectivity index (χ3v) is 4.55. The van der Waals surface area contributed by atoms with E-state index in [1.54, 1.807) is 6.07 Å². The zero-order chi connectivity index (χ0) is 14.8. The molecule has 1 unspecified atom stereocenters. The van der Waals surface area contributed by atoms with Gasteiger partial charge in [0.2, 0.25) is 0 Å². The second-order valence-corrected chi connectivity index (χ2v) is 6.05. The van der Waals surface area contributed by atoms with Gasteiger partial charge in [0.25, 0.3) is 0 Å². The van der Waals surface area contributed by atoms with Crippen LogP contribution in [-0.4, -0.2) is 56.2 Å². The highest BCUT2D eigenvalue weighted by Gasteiger charge is 2.29. The number of anilines is 1. The predicted molar refractivity (Wildman–Crippen MR) is 85.5 cm³/mol. The molecule has 6 heteroatoms. The van der Waals surface area contributed by atoms with Crippen LogP contribution < -0.4 is 10.6 Å². The number of benzene rings is 1. The van der Waals surface area contributed by atoms with Crippen LogP contribution in [0.3, 0.4) is 0 Å². The normalized spacial score (nSPS) is 23.5. The molecule has 2 aliphatic rings. The van der Waals surface area contributed by atoms with E-state index in [1.807, 2.05) is 12.1 Å². The van der Waals surface area contributed by atoms with Gasteiger partial charge in [0.1, 0.15) is 5.84 Å². The van der Waals surface area contributed by atoms with Crippen LogP contribution in [0.2, 0.25) is 5.02 Å². The van der Waals surface area contributed by atoms with Gasteiger partial charge in [-0.15, -0.1) is 0 Å². The van der Waals surface area contributed by atoms with E-state index in [2.05, 4.69) is 9.80 Å². The molecule has 1 aromatic carbocycles. The van der Waals surface area contributed by atoms with Crippen molar-refractivity contribution in [2.45, 2.75) is 12.5 Å². The Hall–Kier alpha value is -1.30. The molecule has 21 heavy (non-hydrogen) atoms. The van der Waals surface area contributed by atoms with Crippen LogP contribution in [0.4, 0.5) is 5.69 Å². The highest BCUT2D eigenvalue weighted by molar-refractivity contribution is 6.31. The molecule has 0 bridgehead atoms. The molecule has 1 aromatic rings. The van der Waals surface area contributed by atoms with Gasteiger partial charge in [-0.25, -0.2) is 0 Å². The van der Waals surface area contributed by atoms with Crippen LogP contribution in [0, 0.1) is 5.41 Å². The summed E-state index contributed by atoms with van der Waals surface area (Å²) in [5, 5.41) is 8.37. The molecular formula is C15H21ClN4O. The number of rotatable bonds is 3. The van der Waals surface area contributed by atoms with Crippen LogP contribution in [-0.2, 0) is 4.74 Å². The van der Waals surface area contributed by atoms with Gasteiger partial charge < -0.3 is 15.4 Å². The van der Waals surface area contributed by atoms with Crippen molar-refractivity contribution in [1.29, 1.82) is 5.41 Å². The van der Waals surface area contributed by atoms with E-state index in [1.165, 1.54) is 0 Å². The topological polar surface area (TPSA) is 65.6 Å². The number of amidine groups is 1. The molecule has 0 aromatic heterocycles. The van der Waals surface area contributed by atoms with E-state index < -0.39 is 0 Å². The summed E-state index contributed by atoms with van der Waals surface area (Å²) in [5.74, 6) is 0.0716. The van der Waals surface area contributed by atoms with Crippen LogP contribution in [0.1, 0.15) is 12.0 Å². The Morgan fingerprint density at radius 2 is 2.05 bits per heavy atom. The Balaban J connectivity index is 1.75.